The Balaban J connectivity index is 1.79. The van der Waals surface area contributed by atoms with Crippen molar-refractivity contribution >= 4 is 10.0 Å². The maximum absolute atomic E-state index is 13.1. The minimum absolute atomic E-state index is 0.0856. The number of hydrogen-bond acceptors (Lipinski definition) is 4. The van der Waals surface area contributed by atoms with Crippen molar-refractivity contribution in [1.29, 1.82) is 0 Å². The Labute approximate surface area is 113 Å². The molecule has 3 rings (SSSR count). The molecule has 1 aliphatic heterocycles. The van der Waals surface area contributed by atoms with Crippen molar-refractivity contribution < 1.29 is 17.2 Å². The molecule has 0 N–H and O–H groups in total. The van der Waals surface area contributed by atoms with Crippen LogP contribution < -0.4 is 0 Å². The molecule has 0 spiro atoms. The largest absolute Gasteiger partial charge is 0.247 e. The van der Waals surface area contributed by atoms with Gasteiger partial charge in [0.2, 0.25) is 10.0 Å². The van der Waals surface area contributed by atoms with E-state index in [0.717, 1.165) is 12.1 Å². The van der Waals surface area contributed by atoms with E-state index in [1.807, 2.05) is 0 Å². The summed E-state index contributed by atoms with van der Waals surface area (Å²) in [6.07, 6.45) is 3.15. The molecule has 0 unspecified atom stereocenters. The molecule has 0 bridgehead atoms. The van der Waals surface area contributed by atoms with Crippen molar-refractivity contribution in [3.63, 3.8) is 0 Å². The molecule has 106 valence electrons. The predicted octanol–water partition coefficient (Wildman–Crippen LogP) is 0.802. The average Bonchev–Trinajstić information content (AvgIpc) is 2.84. The van der Waals surface area contributed by atoms with Gasteiger partial charge in [-0.05, 0) is 18.2 Å². The molecule has 0 aliphatic carbocycles. The third-order valence-electron chi connectivity index (χ3n) is 3.17. The zero-order valence-corrected chi connectivity index (χ0v) is 11.0. The molecule has 1 saturated heterocycles. The molecule has 0 radical (unpaired) electrons. The van der Waals surface area contributed by atoms with Crippen LogP contribution in [0, 0.1) is 11.6 Å². The van der Waals surface area contributed by atoms with E-state index >= 15 is 0 Å². The van der Waals surface area contributed by atoms with Crippen LogP contribution in [0.15, 0.2) is 35.5 Å². The average molecular weight is 300 g/mol. The van der Waals surface area contributed by atoms with Crippen molar-refractivity contribution in [2.45, 2.75) is 10.9 Å². The lowest BCUT2D eigenvalue weighted by Crippen LogP contribution is -2.50. The summed E-state index contributed by atoms with van der Waals surface area (Å²) in [7, 11) is -3.80. The van der Waals surface area contributed by atoms with Crippen LogP contribution in [0.4, 0.5) is 8.78 Å². The van der Waals surface area contributed by atoms with Crippen LogP contribution in [0.3, 0.4) is 0 Å². The van der Waals surface area contributed by atoms with Crippen molar-refractivity contribution in [2.24, 2.45) is 0 Å². The first-order valence-electron chi connectivity index (χ1n) is 5.79. The van der Waals surface area contributed by atoms with Crippen LogP contribution in [0.1, 0.15) is 6.04 Å². The highest BCUT2D eigenvalue weighted by molar-refractivity contribution is 7.89. The summed E-state index contributed by atoms with van der Waals surface area (Å²) in [5.74, 6) is -2.26. The summed E-state index contributed by atoms with van der Waals surface area (Å²) in [4.78, 5) is -0.256. The molecule has 0 amide bonds. The van der Waals surface area contributed by atoms with Gasteiger partial charge in [0.25, 0.3) is 0 Å². The number of rotatable bonds is 3. The lowest BCUT2D eigenvalue weighted by molar-refractivity contribution is 0.189. The van der Waals surface area contributed by atoms with Crippen molar-refractivity contribution in [1.82, 2.24) is 19.3 Å². The molecule has 2 aromatic rings. The summed E-state index contributed by atoms with van der Waals surface area (Å²) in [6.45, 7) is 0.454. The van der Waals surface area contributed by atoms with Crippen LogP contribution in [-0.4, -0.2) is 40.8 Å². The van der Waals surface area contributed by atoms with Crippen molar-refractivity contribution in [3.05, 3.63) is 42.2 Å². The minimum Gasteiger partial charge on any atom is -0.247 e. The Morgan fingerprint density at radius 3 is 2.55 bits per heavy atom. The van der Waals surface area contributed by atoms with Gasteiger partial charge in [-0.15, -0.1) is 5.10 Å². The molecule has 1 fully saturated rings. The Hall–Kier alpha value is -1.87. The third-order valence-corrected chi connectivity index (χ3v) is 5.00. The number of benzene rings is 1. The van der Waals surface area contributed by atoms with Crippen molar-refractivity contribution in [2.75, 3.05) is 13.1 Å². The Kier molecular flexibility index (Phi) is 3.02. The topological polar surface area (TPSA) is 68.1 Å². The van der Waals surface area contributed by atoms with Gasteiger partial charge in [-0.25, -0.2) is 21.9 Å². The zero-order chi connectivity index (χ0) is 14.3. The maximum atomic E-state index is 13.1. The number of sulfonamides is 1. The molecule has 9 heteroatoms. The van der Waals surface area contributed by atoms with E-state index in [0.29, 0.717) is 6.07 Å². The molecular formula is C11H10F2N4O2S. The molecule has 1 aliphatic rings. The minimum atomic E-state index is -3.80. The number of aromatic nitrogens is 3. The highest BCUT2D eigenvalue weighted by atomic mass is 32.2. The zero-order valence-electron chi connectivity index (χ0n) is 10.1. The van der Waals surface area contributed by atoms with E-state index < -0.39 is 21.7 Å². The Bertz CT molecular complexity index is 727. The number of halogens is 2. The van der Waals surface area contributed by atoms with Gasteiger partial charge in [-0.1, -0.05) is 5.21 Å². The fourth-order valence-corrected chi connectivity index (χ4v) is 3.51. The maximum Gasteiger partial charge on any atom is 0.243 e. The van der Waals surface area contributed by atoms with E-state index in [1.165, 1.54) is 10.5 Å². The van der Waals surface area contributed by atoms with Gasteiger partial charge in [0.15, 0.2) is 11.6 Å². The second-order valence-corrected chi connectivity index (χ2v) is 6.37. The van der Waals surface area contributed by atoms with E-state index in [1.54, 1.807) is 10.9 Å². The van der Waals surface area contributed by atoms with E-state index in [2.05, 4.69) is 10.3 Å². The van der Waals surface area contributed by atoms with Gasteiger partial charge in [0, 0.05) is 19.3 Å². The molecule has 20 heavy (non-hydrogen) atoms. The van der Waals surface area contributed by atoms with Crippen LogP contribution in [-0.2, 0) is 10.0 Å². The summed E-state index contributed by atoms with van der Waals surface area (Å²) < 4.78 is 53.1. The second-order valence-electron chi connectivity index (χ2n) is 4.43. The number of hydrogen-bond donors (Lipinski definition) is 0. The van der Waals surface area contributed by atoms with Gasteiger partial charge in [-0.2, -0.15) is 4.31 Å². The van der Waals surface area contributed by atoms with Gasteiger partial charge >= 0.3 is 0 Å². The molecule has 2 heterocycles. The van der Waals surface area contributed by atoms with E-state index in [9.17, 15) is 17.2 Å². The number of nitrogens with zero attached hydrogens (tertiary/aromatic N) is 4. The smallest absolute Gasteiger partial charge is 0.243 e. The van der Waals surface area contributed by atoms with E-state index in [-0.39, 0.29) is 24.0 Å². The van der Waals surface area contributed by atoms with Crippen molar-refractivity contribution in [3.8, 4) is 0 Å². The predicted molar refractivity (Wildman–Crippen MR) is 64.2 cm³/mol. The lowest BCUT2D eigenvalue weighted by Gasteiger charge is -2.37. The van der Waals surface area contributed by atoms with Crippen LogP contribution in [0.2, 0.25) is 0 Å². The highest BCUT2D eigenvalue weighted by Crippen LogP contribution is 2.28. The van der Waals surface area contributed by atoms with Crippen LogP contribution in [0.25, 0.3) is 0 Å². The molecule has 1 aromatic carbocycles. The third kappa shape index (κ3) is 2.08. The first kappa shape index (κ1) is 13.1. The quantitative estimate of drug-likeness (QED) is 0.841. The molecule has 6 nitrogen and oxygen atoms in total. The monoisotopic (exact) mass is 300 g/mol. The van der Waals surface area contributed by atoms with Gasteiger partial charge < -0.3 is 0 Å². The van der Waals surface area contributed by atoms with Crippen LogP contribution >= 0.6 is 0 Å². The first-order valence-corrected chi connectivity index (χ1v) is 7.23. The van der Waals surface area contributed by atoms with E-state index in [4.69, 9.17) is 0 Å². The molecule has 0 saturated carbocycles. The fourth-order valence-electron chi connectivity index (χ4n) is 1.98. The van der Waals surface area contributed by atoms with Gasteiger partial charge in [-0.3, -0.25) is 0 Å². The lowest BCUT2D eigenvalue weighted by atomic mass is 10.2. The summed E-state index contributed by atoms with van der Waals surface area (Å²) in [5, 5.41) is 7.43. The highest BCUT2D eigenvalue weighted by Gasteiger charge is 2.38. The summed E-state index contributed by atoms with van der Waals surface area (Å²) in [6, 6.07) is 2.46. The standard InChI is InChI=1S/C11H10F2N4O2S/c12-10-2-1-9(5-11(10)13)20(18,19)16-6-8(7-16)17-4-3-14-15-17/h1-5,8H,6-7H2. The normalized spacial score (nSPS) is 17.1. The molecular weight excluding hydrogens is 290 g/mol. The van der Waals surface area contributed by atoms with Gasteiger partial charge in [0.05, 0.1) is 17.1 Å². The fraction of sp³-hybridized carbons (Fsp3) is 0.273. The first-order chi connectivity index (χ1) is 9.48. The summed E-state index contributed by atoms with van der Waals surface area (Å²) >= 11 is 0. The van der Waals surface area contributed by atoms with Gasteiger partial charge in [0.1, 0.15) is 0 Å². The summed E-state index contributed by atoms with van der Waals surface area (Å²) in [5.41, 5.74) is 0. The molecule has 0 atom stereocenters. The Morgan fingerprint density at radius 2 is 1.95 bits per heavy atom. The molecule has 1 aromatic heterocycles. The SMILES string of the molecule is O=S(=O)(c1ccc(F)c(F)c1)N1CC(n2ccnn2)C1. The Morgan fingerprint density at radius 1 is 1.20 bits per heavy atom. The second kappa shape index (κ2) is 4.60. The van der Waals surface area contributed by atoms with Crippen LogP contribution in [0.5, 0.6) is 0 Å².